The largest absolute Gasteiger partial charge is 0.497 e. The summed E-state index contributed by atoms with van der Waals surface area (Å²) in [7, 11) is 6.25. The van der Waals surface area contributed by atoms with E-state index in [1.807, 2.05) is 0 Å². The van der Waals surface area contributed by atoms with E-state index in [1.165, 1.54) is 26.4 Å². The minimum Gasteiger partial charge on any atom is -0.497 e. The molecule has 0 bridgehead atoms. The van der Waals surface area contributed by atoms with Crippen molar-refractivity contribution < 1.29 is 52.0 Å². The molecule has 253 valence electrons. The van der Waals surface area contributed by atoms with Gasteiger partial charge in [0, 0.05) is 20.6 Å². The van der Waals surface area contributed by atoms with Crippen LogP contribution in [0.25, 0.3) is 12.2 Å². The van der Waals surface area contributed by atoms with Gasteiger partial charge in [0.25, 0.3) is 0 Å². The second-order valence-corrected chi connectivity index (χ2v) is 9.09. The minimum absolute atomic E-state index is 0. The molecule has 3 radical (unpaired) electrons. The molecule has 4 rings (SSSR count). The molecule has 0 atom stereocenters. The quantitative estimate of drug-likeness (QED) is 0.0811. The van der Waals surface area contributed by atoms with Crippen LogP contribution in [0.5, 0.6) is 23.0 Å². The molecule has 0 heterocycles. The van der Waals surface area contributed by atoms with Gasteiger partial charge in [-0.1, -0.05) is 24.3 Å². The Kier molecular flexibility index (Phi) is 18.7. The molecule has 0 aliphatic heterocycles. The van der Waals surface area contributed by atoms with E-state index in [0.717, 1.165) is 11.1 Å². The molecule has 10 nitrogen and oxygen atoms in total. The molecule has 0 unspecified atom stereocenters. The van der Waals surface area contributed by atoms with Crippen LogP contribution in [0.2, 0.25) is 0 Å². The molecular formula is C37H35BFO10. The maximum Gasteiger partial charge on any atom is 0.343 e. The Morgan fingerprint density at radius 3 is 1.02 bits per heavy atom. The van der Waals surface area contributed by atoms with Crippen molar-refractivity contribution in [1.82, 2.24) is 0 Å². The summed E-state index contributed by atoms with van der Waals surface area (Å²) in [6, 6.07) is 26.8. The Bertz CT molecular complexity index is 1540. The lowest BCUT2D eigenvalue weighted by Crippen LogP contribution is -2.08. The van der Waals surface area contributed by atoms with Crippen molar-refractivity contribution in [3.63, 3.8) is 0 Å². The molecule has 0 saturated heterocycles. The van der Waals surface area contributed by atoms with Gasteiger partial charge in [0.05, 0.1) is 46.7 Å². The fourth-order valence-electron chi connectivity index (χ4n) is 3.54. The van der Waals surface area contributed by atoms with Crippen molar-refractivity contribution in [2.24, 2.45) is 0 Å². The predicted molar refractivity (Wildman–Crippen MR) is 184 cm³/mol. The smallest absolute Gasteiger partial charge is 0.343 e. The lowest BCUT2D eigenvalue weighted by atomic mass is 10.2. The van der Waals surface area contributed by atoms with Crippen LogP contribution in [0, 0.1) is 0 Å². The number of halogens is 1. The average molecular weight is 669 g/mol. The van der Waals surface area contributed by atoms with Crippen LogP contribution in [-0.4, -0.2) is 67.9 Å². The number of ether oxygens (including phenoxy) is 6. The first-order chi connectivity index (χ1) is 23.2. The van der Waals surface area contributed by atoms with Crippen LogP contribution < -0.4 is 18.9 Å². The zero-order valence-corrected chi connectivity index (χ0v) is 27.6. The monoisotopic (exact) mass is 669 g/mol. The third-order valence-corrected chi connectivity index (χ3v) is 6.06. The van der Waals surface area contributed by atoms with Crippen LogP contribution in [0.15, 0.2) is 109 Å². The van der Waals surface area contributed by atoms with Gasteiger partial charge in [-0.15, -0.1) is 0 Å². The molecule has 0 fully saturated rings. The zero-order valence-electron chi connectivity index (χ0n) is 27.6. The van der Waals surface area contributed by atoms with Gasteiger partial charge in [-0.05, 0) is 96.1 Å². The third kappa shape index (κ3) is 14.4. The van der Waals surface area contributed by atoms with Gasteiger partial charge >= 0.3 is 23.9 Å². The number of alkyl halides is 1. The molecule has 0 aliphatic rings. The van der Waals surface area contributed by atoms with Gasteiger partial charge < -0.3 is 28.4 Å². The summed E-state index contributed by atoms with van der Waals surface area (Å²) in [6.45, 7) is 0. The van der Waals surface area contributed by atoms with Crippen molar-refractivity contribution in [1.29, 1.82) is 0 Å². The molecule has 0 amide bonds. The standard InChI is InChI=1S/2C18H16O5.CH3F.B/c2*1-21-15-10-6-14(7-11-15)18(20)23-16-8-3-13(4-9-16)5-12-17(19)22-2;1-2;/h2*3-12H,1-2H3;1H3;/b2*12-5+;;. The van der Waals surface area contributed by atoms with Gasteiger partial charge in [0.1, 0.15) is 23.0 Å². The number of benzene rings is 4. The summed E-state index contributed by atoms with van der Waals surface area (Å²) in [5, 5.41) is 0. The normalized spacial score (nSPS) is 9.84. The number of carbonyl (C=O) groups is 4. The molecule has 4 aromatic rings. The highest BCUT2D eigenvalue weighted by molar-refractivity contribution is 5.92. The van der Waals surface area contributed by atoms with E-state index in [2.05, 4.69) is 9.47 Å². The molecule has 12 heteroatoms. The first kappa shape index (κ1) is 40.9. The summed E-state index contributed by atoms with van der Waals surface area (Å²) in [6.07, 6.45) is 5.86. The first-order valence-corrected chi connectivity index (χ1v) is 14.1. The number of rotatable bonds is 10. The van der Waals surface area contributed by atoms with Crippen LogP contribution in [0.4, 0.5) is 4.39 Å². The van der Waals surface area contributed by atoms with Crippen molar-refractivity contribution >= 4 is 44.4 Å². The molecule has 4 aromatic carbocycles. The fraction of sp³-hybridized carbons (Fsp3) is 0.135. The molecule has 0 N–H and O–H groups in total. The molecule has 0 saturated carbocycles. The van der Waals surface area contributed by atoms with Crippen molar-refractivity contribution in [3.8, 4) is 23.0 Å². The lowest BCUT2D eigenvalue weighted by molar-refractivity contribution is -0.135. The van der Waals surface area contributed by atoms with Gasteiger partial charge in [-0.2, -0.15) is 0 Å². The predicted octanol–water partition coefficient (Wildman–Crippen LogP) is 6.41. The third-order valence-electron chi connectivity index (χ3n) is 6.06. The summed E-state index contributed by atoms with van der Waals surface area (Å²) in [4.78, 5) is 46.1. The molecule has 0 aliphatic carbocycles. The van der Waals surface area contributed by atoms with Gasteiger partial charge in [0.15, 0.2) is 0 Å². The topological polar surface area (TPSA) is 124 Å². The minimum atomic E-state index is -0.453. The number of hydrogen-bond acceptors (Lipinski definition) is 10. The summed E-state index contributed by atoms with van der Waals surface area (Å²) in [5.74, 6) is 0.407. The van der Waals surface area contributed by atoms with E-state index in [4.69, 9.17) is 18.9 Å². The fourth-order valence-corrected chi connectivity index (χ4v) is 3.54. The van der Waals surface area contributed by atoms with E-state index in [-0.39, 0.29) is 8.41 Å². The SMILES string of the molecule is CF.COC(=O)/C=C/c1ccc(OC(=O)c2ccc(OC)cc2)cc1.COC(=O)/C=C/c1ccc(OC(=O)c2ccc(OC)cc2)cc1.[B]. The molecule has 0 spiro atoms. The molecular weight excluding hydrogens is 634 g/mol. The highest BCUT2D eigenvalue weighted by Gasteiger charge is 2.10. The van der Waals surface area contributed by atoms with Gasteiger partial charge in [0.2, 0.25) is 0 Å². The van der Waals surface area contributed by atoms with E-state index in [1.54, 1.807) is 123 Å². The van der Waals surface area contributed by atoms with Crippen molar-refractivity contribution in [3.05, 3.63) is 131 Å². The van der Waals surface area contributed by atoms with E-state index in [0.29, 0.717) is 41.3 Å². The maximum atomic E-state index is 12.0. The van der Waals surface area contributed by atoms with Crippen LogP contribution >= 0.6 is 0 Å². The average Bonchev–Trinajstić information content (AvgIpc) is 3.15. The summed E-state index contributed by atoms with van der Waals surface area (Å²) >= 11 is 0. The van der Waals surface area contributed by atoms with Crippen LogP contribution in [0.1, 0.15) is 31.8 Å². The summed E-state index contributed by atoms with van der Waals surface area (Å²) < 4.78 is 39.2. The number of methoxy groups -OCH3 is 4. The van der Waals surface area contributed by atoms with E-state index < -0.39 is 23.9 Å². The highest BCUT2D eigenvalue weighted by atomic mass is 19.1. The first-order valence-electron chi connectivity index (χ1n) is 14.1. The van der Waals surface area contributed by atoms with Crippen molar-refractivity contribution in [2.75, 3.05) is 35.6 Å². The summed E-state index contributed by atoms with van der Waals surface area (Å²) in [5.41, 5.74) is 2.44. The van der Waals surface area contributed by atoms with Gasteiger partial charge in [-0.3, -0.25) is 4.39 Å². The maximum absolute atomic E-state index is 12.0. The Morgan fingerprint density at radius 2 is 0.755 bits per heavy atom. The highest BCUT2D eigenvalue weighted by Crippen LogP contribution is 2.18. The van der Waals surface area contributed by atoms with Gasteiger partial charge in [-0.25, -0.2) is 19.2 Å². The van der Waals surface area contributed by atoms with Crippen molar-refractivity contribution in [2.45, 2.75) is 0 Å². The lowest BCUT2D eigenvalue weighted by Gasteiger charge is -2.05. The van der Waals surface area contributed by atoms with E-state index in [9.17, 15) is 23.6 Å². The van der Waals surface area contributed by atoms with Crippen LogP contribution in [0.3, 0.4) is 0 Å². The molecule has 49 heavy (non-hydrogen) atoms. The number of hydrogen-bond donors (Lipinski definition) is 0. The van der Waals surface area contributed by atoms with E-state index >= 15 is 0 Å². The Hall–Kier alpha value is -6.17. The second-order valence-electron chi connectivity index (χ2n) is 9.09. The van der Waals surface area contributed by atoms with Crippen LogP contribution in [-0.2, 0) is 19.1 Å². The zero-order chi connectivity index (χ0) is 35.3. The Morgan fingerprint density at radius 1 is 0.469 bits per heavy atom. The number of carbonyl (C=O) groups excluding carboxylic acids is 4. The Balaban J connectivity index is 0.000000458. The number of esters is 4. The molecule has 0 aromatic heterocycles. The Labute approximate surface area is 286 Å². The second kappa shape index (κ2) is 22.4.